The van der Waals surface area contributed by atoms with Crippen LogP contribution in [0.4, 0.5) is 0 Å². The number of aryl methyl sites for hydroxylation is 1. The molecule has 1 saturated carbocycles. The van der Waals surface area contributed by atoms with Gasteiger partial charge in [-0.15, -0.1) is 0 Å². The third kappa shape index (κ3) is 3.73. The smallest absolute Gasteiger partial charge is 0.254 e. The van der Waals surface area contributed by atoms with Crippen molar-refractivity contribution in [2.45, 2.75) is 57.5 Å². The van der Waals surface area contributed by atoms with Crippen molar-refractivity contribution in [1.82, 2.24) is 14.8 Å². The predicted molar refractivity (Wildman–Crippen MR) is 137 cm³/mol. The first-order valence-corrected chi connectivity index (χ1v) is 13.0. The van der Waals surface area contributed by atoms with Gasteiger partial charge in [-0.25, -0.2) is 0 Å². The van der Waals surface area contributed by atoms with Crippen LogP contribution in [-0.4, -0.2) is 40.8 Å². The van der Waals surface area contributed by atoms with Gasteiger partial charge in [-0.2, -0.15) is 0 Å². The first-order chi connectivity index (χ1) is 16.6. The van der Waals surface area contributed by atoms with Crippen LogP contribution >= 0.6 is 0 Å². The summed E-state index contributed by atoms with van der Waals surface area (Å²) in [4.78, 5) is 22.6. The van der Waals surface area contributed by atoms with Crippen molar-refractivity contribution in [3.05, 3.63) is 77.0 Å². The quantitative estimate of drug-likeness (QED) is 0.454. The molecule has 34 heavy (non-hydrogen) atoms. The summed E-state index contributed by atoms with van der Waals surface area (Å²) in [6, 6.07) is 18.3. The molecule has 1 aromatic heterocycles. The third-order valence-electron chi connectivity index (χ3n) is 8.74. The number of fused-ring (bicyclic) bond motifs is 6. The molecule has 1 amide bonds. The molecular weight excluding hydrogens is 418 g/mol. The van der Waals surface area contributed by atoms with E-state index in [9.17, 15) is 4.79 Å². The highest BCUT2D eigenvalue weighted by Gasteiger charge is 2.44. The maximum absolute atomic E-state index is 13.3. The van der Waals surface area contributed by atoms with E-state index in [1.807, 2.05) is 36.2 Å². The average molecular weight is 454 g/mol. The van der Waals surface area contributed by atoms with Gasteiger partial charge in [-0.3, -0.25) is 14.7 Å². The van der Waals surface area contributed by atoms with Gasteiger partial charge in [-0.1, -0.05) is 36.4 Å². The Morgan fingerprint density at radius 2 is 1.59 bits per heavy atom. The van der Waals surface area contributed by atoms with Crippen LogP contribution in [0, 0.1) is 18.8 Å². The maximum atomic E-state index is 13.3. The van der Waals surface area contributed by atoms with Gasteiger partial charge in [0.05, 0.1) is 5.52 Å². The van der Waals surface area contributed by atoms with Gasteiger partial charge in [0, 0.05) is 49.4 Å². The zero-order valence-electron chi connectivity index (χ0n) is 20.4. The van der Waals surface area contributed by atoms with Crippen LogP contribution in [-0.2, 0) is 0 Å². The lowest BCUT2D eigenvalue weighted by Gasteiger charge is -2.34. The Morgan fingerprint density at radius 1 is 0.912 bits per heavy atom. The summed E-state index contributed by atoms with van der Waals surface area (Å²) in [6.07, 6.45) is 9.49. The fraction of sp³-hybridized carbons (Fsp3) is 0.467. The molecule has 4 heteroatoms. The van der Waals surface area contributed by atoms with Crippen molar-refractivity contribution < 1.29 is 4.79 Å². The van der Waals surface area contributed by atoms with E-state index < -0.39 is 0 Å². The molecule has 2 atom stereocenters. The SMILES string of the molecule is Cc1ccc(C(=O)N(C)CC2CCC(CN3C4CCC3c3ccccc34)CC2)c2cccnc12. The van der Waals surface area contributed by atoms with Gasteiger partial charge >= 0.3 is 0 Å². The second kappa shape index (κ2) is 8.81. The Balaban J connectivity index is 1.05. The lowest BCUT2D eigenvalue weighted by Crippen LogP contribution is -2.35. The number of pyridine rings is 1. The number of nitrogens with zero attached hydrogens (tertiary/aromatic N) is 3. The maximum Gasteiger partial charge on any atom is 0.254 e. The highest BCUT2D eigenvalue weighted by atomic mass is 16.2. The van der Waals surface area contributed by atoms with E-state index in [1.54, 1.807) is 17.3 Å². The summed E-state index contributed by atoms with van der Waals surface area (Å²) < 4.78 is 0. The molecule has 6 rings (SSSR count). The summed E-state index contributed by atoms with van der Waals surface area (Å²) >= 11 is 0. The molecule has 2 unspecified atom stereocenters. The monoisotopic (exact) mass is 453 g/mol. The molecule has 4 nitrogen and oxygen atoms in total. The van der Waals surface area contributed by atoms with Crippen molar-refractivity contribution in [3.8, 4) is 0 Å². The molecule has 176 valence electrons. The largest absolute Gasteiger partial charge is 0.341 e. The first-order valence-electron chi connectivity index (χ1n) is 13.0. The fourth-order valence-corrected chi connectivity index (χ4v) is 6.98. The van der Waals surface area contributed by atoms with Gasteiger partial charge in [0.15, 0.2) is 0 Å². The summed E-state index contributed by atoms with van der Waals surface area (Å²) in [5, 5.41) is 0.962. The highest BCUT2D eigenvalue weighted by molar-refractivity contribution is 6.06. The molecule has 0 N–H and O–H groups in total. The summed E-state index contributed by atoms with van der Waals surface area (Å²) in [6.45, 7) is 4.15. The molecule has 0 radical (unpaired) electrons. The second-order valence-corrected chi connectivity index (χ2v) is 10.8. The van der Waals surface area contributed by atoms with E-state index in [0.29, 0.717) is 18.0 Å². The number of aromatic nitrogens is 1. The van der Waals surface area contributed by atoms with Gasteiger partial charge in [0.2, 0.25) is 0 Å². The molecule has 3 aromatic rings. The third-order valence-corrected chi connectivity index (χ3v) is 8.74. The number of hydrogen-bond donors (Lipinski definition) is 0. The van der Waals surface area contributed by atoms with Crippen LogP contribution in [0.5, 0.6) is 0 Å². The summed E-state index contributed by atoms with van der Waals surface area (Å²) in [5.74, 6) is 1.51. The minimum atomic E-state index is 0.117. The number of carbonyl (C=O) groups is 1. The zero-order valence-corrected chi connectivity index (χ0v) is 20.4. The van der Waals surface area contributed by atoms with Crippen molar-refractivity contribution in [1.29, 1.82) is 0 Å². The Morgan fingerprint density at radius 3 is 2.29 bits per heavy atom. The van der Waals surface area contributed by atoms with Crippen LogP contribution in [0.2, 0.25) is 0 Å². The molecule has 2 aromatic carbocycles. The number of amides is 1. The Kier molecular flexibility index (Phi) is 5.65. The predicted octanol–water partition coefficient (Wildman–Crippen LogP) is 6.31. The first kappa shape index (κ1) is 21.8. The Hall–Kier alpha value is -2.72. The second-order valence-electron chi connectivity index (χ2n) is 10.8. The minimum absolute atomic E-state index is 0.117. The van der Waals surface area contributed by atoms with Crippen LogP contribution in [0.25, 0.3) is 10.9 Å². The van der Waals surface area contributed by atoms with E-state index in [0.717, 1.165) is 34.5 Å². The molecule has 1 saturated heterocycles. The van der Waals surface area contributed by atoms with Crippen molar-refractivity contribution >= 4 is 16.8 Å². The van der Waals surface area contributed by atoms with Gasteiger partial charge in [0.25, 0.3) is 5.91 Å². The molecule has 3 heterocycles. The molecule has 2 aliphatic heterocycles. The van der Waals surface area contributed by atoms with E-state index in [1.165, 1.54) is 45.1 Å². The normalized spacial score (nSPS) is 26.1. The molecule has 1 aliphatic carbocycles. The Labute approximate surface area is 203 Å². The van der Waals surface area contributed by atoms with Crippen molar-refractivity contribution in [2.24, 2.45) is 11.8 Å². The van der Waals surface area contributed by atoms with Crippen molar-refractivity contribution in [2.75, 3.05) is 20.1 Å². The molecule has 2 fully saturated rings. The standard InChI is InChI=1S/C30H35N3O/c1-20-9-14-26(25-8-5-17-31-29(20)25)30(34)32(2)18-21-10-12-22(13-11-21)19-33-27-15-16-28(33)24-7-4-3-6-23(24)27/h3-9,14,17,21-22,27-28H,10-13,15-16,18-19H2,1-2H3. The molecule has 2 bridgehead atoms. The van der Waals surface area contributed by atoms with E-state index in [4.69, 9.17) is 0 Å². The van der Waals surface area contributed by atoms with E-state index in [-0.39, 0.29) is 5.91 Å². The highest BCUT2D eigenvalue weighted by Crippen LogP contribution is 2.53. The number of benzene rings is 2. The zero-order chi connectivity index (χ0) is 23.2. The van der Waals surface area contributed by atoms with Crippen LogP contribution in [0.1, 0.15) is 77.7 Å². The fourth-order valence-electron chi connectivity index (χ4n) is 6.98. The van der Waals surface area contributed by atoms with Gasteiger partial charge < -0.3 is 4.90 Å². The van der Waals surface area contributed by atoms with Gasteiger partial charge in [0.1, 0.15) is 0 Å². The minimum Gasteiger partial charge on any atom is -0.341 e. The number of rotatable bonds is 5. The van der Waals surface area contributed by atoms with Gasteiger partial charge in [-0.05, 0) is 86.1 Å². The lowest BCUT2D eigenvalue weighted by molar-refractivity contribution is 0.0745. The number of carbonyl (C=O) groups excluding carboxylic acids is 1. The summed E-state index contributed by atoms with van der Waals surface area (Å²) in [5.41, 5.74) is 6.00. The van der Waals surface area contributed by atoms with Crippen molar-refractivity contribution in [3.63, 3.8) is 0 Å². The van der Waals surface area contributed by atoms with Crippen LogP contribution in [0.15, 0.2) is 54.7 Å². The van der Waals surface area contributed by atoms with E-state index >= 15 is 0 Å². The molecule has 3 aliphatic rings. The van der Waals surface area contributed by atoms with Crippen LogP contribution in [0.3, 0.4) is 0 Å². The Bertz CT molecular complexity index is 1180. The molecule has 0 spiro atoms. The van der Waals surface area contributed by atoms with E-state index in [2.05, 4.69) is 41.1 Å². The number of hydrogen-bond acceptors (Lipinski definition) is 3. The summed E-state index contributed by atoms with van der Waals surface area (Å²) in [7, 11) is 1.97. The average Bonchev–Trinajstić information content (AvgIpc) is 3.41. The van der Waals surface area contributed by atoms with Crippen LogP contribution < -0.4 is 0 Å². The lowest BCUT2D eigenvalue weighted by atomic mass is 9.81. The molecular formula is C30H35N3O. The topological polar surface area (TPSA) is 36.4 Å².